The van der Waals surface area contributed by atoms with Crippen molar-refractivity contribution in [3.05, 3.63) is 85.1 Å². The van der Waals surface area contributed by atoms with Crippen LogP contribution in [0.15, 0.2) is 85.1 Å². The van der Waals surface area contributed by atoms with Crippen LogP contribution in [0.2, 0.25) is 0 Å². The van der Waals surface area contributed by atoms with Crippen LogP contribution in [-0.2, 0) is 23.7 Å². The standard InChI is InChI=1S/C63H110O9/c1-3-5-7-9-11-13-15-17-19-21-23-25-27-28-29-31-33-35-37-39-41-43-45-47-49-51-53-69-55-57(56-70-63-62(68)61(67)60(66)58(54-64)72-63)71-59(65)52-50-48-46-44-42-40-38-36-34-32-30-26-24-22-20-18-16-14-12-10-8-6-4-2/h6,8,12,14-15,17-18,20-21,23-24,26,32,34,57-58,60-64,66-68H,3-5,7,9-11,13,16,19,22,25,27-31,33,35-56H2,1-2H3/b8-6-,14-12-,17-15-,20-18-,23-21-,26-24-,34-32-. The van der Waals surface area contributed by atoms with Crippen LogP contribution in [0.1, 0.15) is 245 Å². The Bertz CT molecular complexity index is 1380. The predicted octanol–water partition coefficient (Wildman–Crippen LogP) is 15.7. The molecule has 9 heteroatoms. The lowest BCUT2D eigenvalue weighted by molar-refractivity contribution is -0.305. The van der Waals surface area contributed by atoms with Crippen LogP contribution in [0.4, 0.5) is 0 Å². The van der Waals surface area contributed by atoms with Gasteiger partial charge >= 0.3 is 5.97 Å². The molecule has 9 nitrogen and oxygen atoms in total. The summed E-state index contributed by atoms with van der Waals surface area (Å²) in [6.45, 7) is 4.44. The summed E-state index contributed by atoms with van der Waals surface area (Å²) in [5, 5.41) is 40.4. The second-order valence-electron chi connectivity index (χ2n) is 20.1. The molecule has 1 aliphatic heterocycles. The number of ether oxygens (including phenoxy) is 4. The van der Waals surface area contributed by atoms with E-state index in [9.17, 15) is 25.2 Å². The van der Waals surface area contributed by atoms with E-state index in [0.717, 1.165) is 83.5 Å². The summed E-state index contributed by atoms with van der Waals surface area (Å²) in [4.78, 5) is 12.9. The van der Waals surface area contributed by atoms with Gasteiger partial charge in [-0.1, -0.05) is 234 Å². The molecule has 0 aromatic carbocycles. The summed E-state index contributed by atoms with van der Waals surface area (Å²) in [6, 6.07) is 0. The van der Waals surface area contributed by atoms with E-state index in [-0.39, 0.29) is 19.2 Å². The van der Waals surface area contributed by atoms with Crippen molar-refractivity contribution in [1.29, 1.82) is 0 Å². The number of hydrogen-bond donors (Lipinski definition) is 4. The Balaban J connectivity index is 2.16. The van der Waals surface area contributed by atoms with Gasteiger partial charge in [0.25, 0.3) is 0 Å². The molecule has 6 unspecified atom stereocenters. The number of rotatable bonds is 51. The molecule has 1 saturated heterocycles. The van der Waals surface area contributed by atoms with E-state index in [2.05, 4.69) is 98.9 Å². The summed E-state index contributed by atoms with van der Waals surface area (Å²) in [7, 11) is 0. The largest absolute Gasteiger partial charge is 0.457 e. The highest BCUT2D eigenvalue weighted by molar-refractivity contribution is 5.69. The van der Waals surface area contributed by atoms with Gasteiger partial charge in [-0.05, 0) is 89.9 Å². The SMILES string of the molecule is CC/C=C\C/C=C\C/C=C\C/C=C\C/C=C\CCCCCCCCCC(=O)OC(COCCCCCCCCCCCCCCCC/C=C\C/C=C\CCCCCCC)COC1OC(CO)C(O)C(O)C1O. The molecule has 0 amide bonds. The highest BCUT2D eigenvalue weighted by Gasteiger charge is 2.44. The van der Waals surface area contributed by atoms with Crippen molar-refractivity contribution in [2.45, 2.75) is 282 Å². The first-order valence-electron chi connectivity index (χ1n) is 29.7. The number of hydrogen-bond acceptors (Lipinski definition) is 9. The lowest BCUT2D eigenvalue weighted by Gasteiger charge is -2.39. The van der Waals surface area contributed by atoms with Gasteiger partial charge in [0.15, 0.2) is 6.29 Å². The molecular formula is C63H110O9. The summed E-state index contributed by atoms with van der Waals surface area (Å²) in [5.74, 6) is -0.325. The summed E-state index contributed by atoms with van der Waals surface area (Å²) >= 11 is 0. The van der Waals surface area contributed by atoms with Crippen LogP contribution in [0, 0.1) is 0 Å². The van der Waals surface area contributed by atoms with Crippen molar-refractivity contribution in [3.8, 4) is 0 Å². The maximum atomic E-state index is 12.9. The van der Waals surface area contributed by atoms with E-state index >= 15 is 0 Å². The smallest absolute Gasteiger partial charge is 0.306 e. The third-order valence-corrected chi connectivity index (χ3v) is 13.3. The number of allylic oxidation sites excluding steroid dienone is 14. The van der Waals surface area contributed by atoms with Crippen LogP contribution in [0.25, 0.3) is 0 Å². The molecule has 1 heterocycles. The molecule has 0 aliphatic carbocycles. The van der Waals surface area contributed by atoms with Crippen LogP contribution < -0.4 is 0 Å². The van der Waals surface area contributed by atoms with Crippen LogP contribution >= 0.6 is 0 Å². The van der Waals surface area contributed by atoms with Gasteiger partial charge in [-0.2, -0.15) is 0 Å². The first-order valence-corrected chi connectivity index (χ1v) is 29.7. The average molecular weight is 1010 g/mol. The molecule has 72 heavy (non-hydrogen) atoms. The minimum atomic E-state index is -1.54. The second-order valence-corrected chi connectivity index (χ2v) is 20.1. The van der Waals surface area contributed by atoms with Gasteiger partial charge in [0.1, 0.15) is 30.5 Å². The zero-order valence-electron chi connectivity index (χ0n) is 46.2. The maximum absolute atomic E-state index is 12.9. The Kier molecular flexibility index (Phi) is 49.8. The first-order chi connectivity index (χ1) is 35.4. The topological polar surface area (TPSA) is 135 Å². The van der Waals surface area contributed by atoms with Gasteiger partial charge in [0, 0.05) is 13.0 Å². The molecular weight excluding hydrogens is 901 g/mol. The summed E-state index contributed by atoms with van der Waals surface area (Å²) < 4.78 is 23.0. The molecule has 416 valence electrons. The Morgan fingerprint density at radius 1 is 0.458 bits per heavy atom. The summed E-state index contributed by atoms with van der Waals surface area (Å²) in [5.41, 5.74) is 0. The molecule has 1 fully saturated rings. The lowest BCUT2D eigenvalue weighted by Crippen LogP contribution is -2.59. The third kappa shape index (κ3) is 42.7. The van der Waals surface area contributed by atoms with Crippen molar-refractivity contribution in [2.24, 2.45) is 0 Å². The van der Waals surface area contributed by atoms with E-state index in [1.807, 2.05) is 0 Å². The van der Waals surface area contributed by atoms with Crippen molar-refractivity contribution < 1.29 is 44.2 Å². The predicted molar refractivity (Wildman–Crippen MR) is 302 cm³/mol. The fourth-order valence-corrected chi connectivity index (χ4v) is 8.73. The Hall–Kier alpha value is -2.63. The van der Waals surface area contributed by atoms with E-state index in [0.29, 0.717) is 13.0 Å². The minimum Gasteiger partial charge on any atom is -0.457 e. The quantitative estimate of drug-likeness (QED) is 0.0267. The number of carbonyl (C=O) groups excluding carboxylic acids is 1. The van der Waals surface area contributed by atoms with Crippen LogP contribution in [0.5, 0.6) is 0 Å². The number of esters is 1. The van der Waals surface area contributed by atoms with Crippen molar-refractivity contribution in [3.63, 3.8) is 0 Å². The van der Waals surface area contributed by atoms with Crippen molar-refractivity contribution >= 4 is 5.97 Å². The first kappa shape index (κ1) is 67.4. The number of carbonyl (C=O) groups is 1. The van der Waals surface area contributed by atoms with Gasteiger partial charge in [0.2, 0.25) is 0 Å². The minimum absolute atomic E-state index is 0.121. The van der Waals surface area contributed by atoms with E-state index in [1.54, 1.807) is 0 Å². The van der Waals surface area contributed by atoms with Gasteiger partial charge in [-0.3, -0.25) is 4.79 Å². The van der Waals surface area contributed by atoms with Gasteiger partial charge < -0.3 is 39.4 Å². The molecule has 4 N–H and O–H groups in total. The molecule has 1 rings (SSSR count). The van der Waals surface area contributed by atoms with Gasteiger partial charge in [0.05, 0.1) is 19.8 Å². The molecule has 0 aromatic heterocycles. The number of unbranched alkanes of at least 4 members (excludes halogenated alkanes) is 26. The molecule has 0 saturated carbocycles. The fourth-order valence-electron chi connectivity index (χ4n) is 8.73. The molecule has 0 spiro atoms. The molecule has 1 aliphatic rings. The Morgan fingerprint density at radius 3 is 1.28 bits per heavy atom. The average Bonchev–Trinajstić information content (AvgIpc) is 3.38. The Labute approximate surface area is 441 Å². The van der Waals surface area contributed by atoms with Gasteiger partial charge in [-0.15, -0.1) is 0 Å². The van der Waals surface area contributed by atoms with Crippen molar-refractivity contribution in [2.75, 3.05) is 26.4 Å². The zero-order valence-corrected chi connectivity index (χ0v) is 46.2. The van der Waals surface area contributed by atoms with E-state index < -0.39 is 43.4 Å². The van der Waals surface area contributed by atoms with E-state index in [4.69, 9.17) is 18.9 Å². The second kappa shape index (κ2) is 53.2. The monoisotopic (exact) mass is 1010 g/mol. The molecule has 0 bridgehead atoms. The summed E-state index contributed by atoms with van der Waals surface area (Å²) in [6.07, 6.45) is 66.3. The maximum Gasteiger partial charge on any atom is 0.306 e. The normalized spacial score (nSPS) is 19.3. The zero-order chi connectivity index (χ0) is 52.1. The van der Waals surface area contributed by atoms with Crippen LogP contribution in [-0.4, -0.2) is 89.6 Å². The number of aliphatic hydroxyl groups is 4. The van der Waals surface area contributed by atoms with Crippen LogP contribution in [0.3, 0.4) is 0 Å². The molecule has 0 aromatic rings. The Morgan fingerprint density at radius 2 is 0.847 bits per heavy atom. The highest BCUT2D eigenvalue weighted by atomic mass is 16.7. The number of aliphatic hydroxyl groups excluding tert-OH is 4. The van der Waals surface area contributed by atoms with Crippen molar-refractivity contribution in [1.82, 2.24) is 0 Å². The lowest BCUT2D eigenvalue weighted by atomic mass is 9.99. The molecule has 6 atom stereocenters. The fraction of sp³-hybridized carbons (Fsp3) is 0.762. The third-order valence-electron chi connectivity index (χ3n) is 13.3. The van der Waals surface area contributed by atoms with E-state index in [1.165, 1.54) is 141 Å². The highest BCUT2D eigenvalue weighted by Crippen LogP contribution is 2.23. The van der Waals surface area contributed by atoms with Gasteiger partial charge in [-0.25, -0.2) is 0 Å². The molecule has 0 radical (unpaired) electrons.